The van der Waals surface area contributed by atoms with Gasteiger partial charge in [-0.1, -0.05) is 6.07 Å². The van der Waals surface area contributed by atoms with Crippen LogP contribution in [0.25, 0.3) is 0 Å². The Labute approximate surface area is 165 Å². The third-order valence-corrected chi connectivity index (χ3v) is 5.67. The van der Waals surface area contributed by atoms with Gasteiger partial charge in [0.1, 0.15) is 0 Å². The van der Waals surface area contributed by atoms with Crippen LogP contribution < -0.4 is 16.0 Å². The number of anilines is 2. The predicted octanol–water partition coefficient (Wildman–Crippen LogP) is 2.81. The SMILES string of the molecule is O=C(NCC1CC1)C1CCCN(C(=O)Nc2cccc(NC(=O)C3CC3)c2)C1. The molecule has 1 saturated heterocycles. The molecule has 28 heavy (non-hydrogen) atoms. The zero-order valence-corrected chi connectivity index (χ0v) is 16.1. The van der Waals surface area contributed by atoms with Crippen LogP contribution in [-0.2, 0) is 9.59 Å². The predicted molar refractivity (Wildman–Crippen MR) is 107 cm³/mol. The number of carbonyl (C=O) groups is 3. The molecule has 1 aliphatic heterocycles. The summed E-state index contributed by atoms with van der Waals surface area (Å²) in [4.78, 5) is 38.6. The Morgan fingerprint density at radius 2 is 1.68 bits per heavy atom. The Morgan fingerprint density at radius 3 is 2.39 bits per heavy atom. The molecule has 1 atom stereocenters. The van der Waals surface area contributed by atoms with E-state index in [-0.39, 0.29) is 29.7 Å². The molecule has 1 unspecified atom stereocenters. The highest BCUT2D eigenvalue weighted by atomic mass is 16.2. The number of benzene rings is 1. The zero-order valence-electron chi connectivity index (χ0n) is 16.1. The van der Waals surface area contributed by atoms with E-state index in [0.717, 1.165) is 32.2 Å². The summed E-state index contributed by atoms with van der Waals surface area (Å²) in [5.74, 6) is 0.755. The van der Waals surface area contributed by atoms with E-state index in [0.29, 0.717) is 30.4 Å². The van der Waals surface area contributed by atoms with E-state index in [1.54, 1.807) is 17.0 Å². The first-order valence-corrected chi connectivity index (χ1v) is 10.3. The number of rotatable bonds is 6. The van der Waals surface area contributed by atoms with E-state index in [4.69, 9.17) is 0 Å². The van der Waals surface area contributed by atoms with Crippen molar-refractivity contribution in [2.45, 2.75) is 38.5 Å². The summed E-state index contributed by atoms with van der Waals surface area (Å²) in [6.45, 7) is 1.86. The molecule has 3 N–H and O–H groups in total. The van der Waals surface area contributed by atoms with Gasteiger partial charge in [0, 0.05) is 36.9 Å². The molecular formula is C21H28N4O3. The van der Waals surface area contributed by atoms with Crippen LogP contribution in [0.1, 0.15) is 38.5 Å². The number of hydrogen-bond donors (Lipinski definition) is 3. The standard InChI is InChI=1S/C21H28N4O3/c26-19(22-12-14-6-7-14)16-3-2-10-25(13-16)21(28)24-18-5-1-4-17(11-18)23-20(27)15-8-9-15/h1,4-5,11,14-16H,2-3,6-10,12-13H2,(H,22,26)(H,23,27)(H,24,28). The van der Waals surface area contributed by atoms with E-state index in [1.165, 1.54) is 12.8 Å². The molecule has 3 fully saturated rings. The van der Waals surface area contributed by atoms with Crippen molar-refractivity contribution in [2.75, 3.05) is 30.3 Å². The molecule has 4 rings (SSSR count). The average molecular weight is 384 g/mol. The Balaban J connectivity index is 1.29. The molecule has 1 aromatic rings. The van der Waals surface area contributed by atoms with Crippen LogP contribution in [0.2, 0.25) is 0 Å². The van der Waals surface area contributed by atoms with Crippen molar-refractivity contribution in [3.63, 3.8) is 0 Å². The zero-order chi connectivity index (χ0) is 19.5. The fourth-order valence-electron chi connectivity index (χ4n) is 3.55. The Kier molecular flexibility index (Phi) is 5.50. The summed E-state index contributed by atoms with van der Waals surface area (Å²) in [5, 5.41) is 8.81. The molecule has 4 amide bonds. The minimum Gasteiger partial charge on any atom is -0.356 e. The highest BCUT2D eigenvalue weighted by Gasteiger charge is 2.31. The second-order valence-electron chi connectivity index (χ2n) is 8.25. The van der Waals surface area contributed by atoms with Gasteiger partial charge >= 0.3 is 6.03 Å². The highest BCUT2D eigenvalue weighted by Crippen LogP contribution is 2.30. The maximum atomic E-state index is 12.7. The van der Waals surface area contributed by atoms with E-state index < -0.39 is 0 Å². The van der Waals surface area contributed by atoms with Gasteiger partial charge in [-0.2, -0.15) is 0 Å². The first kappa shape index (κ1) is 18.8. The van der Waals surface area contributed by atoms with Gasteiger partial charge in [-0.15, -0.1) is 0 Å². The number of piperidine rings is 1. The lowest BCUT2D eigenvalue weighted by Crippen LogP contribution is -2.47. The molecule has 1 aromatic carbocycles. The van der Waals surface area contributed by atoms with Crippen LogP contribution in [0.4, 0.5) is 16.2 Å². The molecule has 2 aliphatic carbocycles. The molecule has 0 aromatic heterocycles. The number of nitrogens with zero attached hydrogens (tertiary/aromatic N) is 1. The summed E-state index contributed by atoms with van der Waals surface area (Å²) in [6, 6.07) is 6.99. The molecule has 0 spiro atoms. The molecule has 150 valence electrons. The van der Waals surface area contributed by atoms with E-state index in [1.807, 2.05) is 12.1 Å². The molecule has 1 heterocycles. The maximum Gasteiger partial charge on any atom is 0.321 e. The minimum absolute atomic E-state index is 0.0413. The lowest BCUT2D eigenvalue weighted by molar-refractivity contribution is -0.126. The monoisotopic (exact) mass is 384 g/mol. The second kappa shape index (κ2) is 8.20. The van der Waals surface area contributed by atoms with E-state index in [2.05, 4.69) is 16.0 Å². The van der Waals surface area contributed by atoms with E-state index in [9.17, 15) is 14.4 Å². The number of urea groups is 1. The van der Waals surface area contributed by atoms with Crippen LogP contribution in [0.15, 0.2) is 24.3 Å². The summed E-state index contributed by atoms with van der Waals surface area (Å²) >= 11 is 0. The summed E-state index contributed by atoms with van der Waals surface area (Å²) < 4.78 is 0. The summed E-state index contributed by atoms with van der Waals surface area (Å²) in [5.41, 5.74) is 1.32. The lowest BCUT2D eigenvalue weighted by atomic mass is 9.97. The number of amides is 4. The Hall–Kier alpha value is -2.57. The smallest absolute Gasteiger partial charge is 0.321 e. The molecule has 3 aliphatic rings. The van der Waals surface area contributed by atoms with Crippen LogP contribution in [0.3, 0.4) is 0 Å². The quantitative estimate of drug-likeness (QED) is 0.704. The topological polar surface area (TPSA) is 90.5 Å². The first-order valence-electron chi connectivity index (χ1n) is 10.3. The van der Waals surface area contributed by atoms with Gasteiger partial charge in [0.15, 0.2) is 0 Å². The number of likely N-dealkylation sites (tertiary alicyclic amines) is 1. The largest absolute Gasteiger partial charge is 0.356 e. The van der Waals surface area contributed by atoms with Crippen LogP contribution in [0.5, 0.6) is 0 Å². The van der Waals surface area contributed by atoms with Crippen molar-refractivity contribution in [1.82, 2.24) is 10.2 Å². The van der Waals surface area contributed by atoms with Gasteiger partial charge in [-0.3, -0.25) is 9.59 Å². The van der Waals surface area contributed by atoms with Crippen molar-refractivity contribution in [1.29, 1.82) is 0 Å². The molecule has 7 heteroatoms. The van der Waals surface area contributed by atoms with Gasteiger partial charge in [-0.05, 0) is 62.6 Å². The van der Waals surface area contributed by atoms with Crippen molar-refractivity contribution >= 4 is 29.2 Å². The molecule has 0 radical (unpaired) electrons. The van der Waals surface area contributed by atoms with Crippen molar-refractivity contribution in [3.05, 3.63) is 24.3 Å². The average Bonchev–Trinajstić information content (AvgIpc) is 3.60. The number of carbonyl (C=O) groups excluding carboxylic acids is 3. The van der Waals surface area contributed by atoms with Gasteiger partial charge in [-0.25, -0.2) is 4.79 Å². The fraction of sp³-hybridized carbons (Fsp3) is 0.571. The molecule has 0 bridgehead atoms. The van der Waals surface area contributed by atoms with Crippen molar-refractivity contribution < 1.29 is 14.4 Å². The van der Waals surface area contributed by atoms with Gasteiger partial charge in [0.05, 0.1) is 5.92 Å². The number of hydrogen-bond acceptors (Lipinski definition) is 3. The minimum atomic E-state index is -0.203. The third-order valence-electron chi connectivity index (χ3n) is 5.67. The summed E-state index contributed by atoms with van der Waals surface area (Å²) in [6.07, 6.45) is 5.97. The number of nitrogens with one attached hydrogen (secondary N) is 3. The molecule has 7 nitrogen and oxygen atoms in total. The lowest BCUT2D eigenvalue weighted by Gasteiger charge is -2.32. The fourth-order valence-corrected chi connectivity index (χ4v) is 3.55. The maximum absolute atomic E-state index is 12.7. The van der Waals surface area contributed by atoms with Gasteiger partial charge < -0.3 is 20.9 Å². The van der Waals surface area contributed by atoms with Gasteiger partial charge in [0.25, 0.3) is 0 Å². The molecule has 2 saturated carbocycles. The first-order chi connectivity index (χ1) is 13.6. The summed E-state index contributed by atoms with van der Waals surface area (Å²) in [7, 11) is 0. The highest BCUT2D eigenvalue weighted by molar-refractivity contribution is 5.95. The van der Waals surface area contributed by atoms with Crippen molar-refractivity contribution in [3.8, 4) is 0 Å². The van der Waals surface area contributed by atoms with E-state index >= 15 is 0 Å². The van der Waals surface area contributed by atoms with Crippen LogP contribution in [-0.4, -0.2) is 42.4 Å². The van der Waals surface area contributed by atoms with Crippen LogP contribution >= 0.6 is 0 Å². The Bertz CT molecular complexity index is 758. The van der Waals surface area contributed by atoms with Crippen LogP contribution in [0, 0.1) is 17.8 Å². The second-order valence-corrected chi connectivity index (χ2v) is 8.25. The normalized spacial score (nSPS) is 21.7. The van der Waals surface area contributed by atoms with Gasteiger partial charge in [0.2, 0.25) is 11.8 Å². The van der Waals surface area contributed by atoms with Crippen molar-refractivity contribution in [2.24, 2.45) is 17.8 Å². The Morgan fingerprint density at radius 1 is 0.929 bits per heavy atom. The molecular weight excluding hydrogens is 356 g/mol. The third kappa shape index (κ3) is 5.03.